The molecule has 0 heterocycles. The Balaban J connectivity index is 1.89. The zero-order chi connectivity index (χ0) is 16.2. The minimum atomic E-state index is 0.0469. The summed E-state index contributed by atoms with van der Waals surface area (Å²) in [5.74, 6) is 1.31. The fourth-order valence-electron chi connectivity index (χ4n) is 2.99. The van der Waals surface area contributed by atoms with Crippen LogP contribution in [0.2, 0.25) is 0 Å². The molecule has 3 rings (SSSR count). The Morgan fingerprint density at radius 2 is 1.78 bits per heavy atom. The van der Waals surface area contributed by atoms with Gasteiger partial charge in [0.25, 0.3) is 5.91 Å². The van der Waals surface area contributed by atoms with Gasteiger partial charge in [-0.05, 0) is 43.4 Å². The number of nitrogens with zero attached hydrogens (tertiary/aromatic N) is 1. The third-order valence-electron chi connectivity index (χ3n) is 4.59. The number of carbonyl (C=O) groups is 1. The van der Waals surface area contributed by atoms with Gasteiger partial charge in [-0.15, -0.1) is 0 Å². The molecule has 0 aromatic heterocycles. The maximum Gasteiger partial charge on any atom is 0.258 e. The molecule has 0 bridgehead atoms. The number of ether oxygens (including phenoxy) is 1. The van der Waals surface area contributed by atoms with Gasteiger partial charge in [0.2, 0.25) is 0 Å². The Labute approximate surface area is 137 Å². The molecule has 1 unspecified atom stereocenters. The minimum Gasteiger partial charge on any atom is -0.496 e. The fraction of sp³-hybridized carbons (Fsp3) is 0.350. The van der Waals surface area contributed by atoms with Gasteiger partial charge in [-0.3, -0.25) is 4.79 Å². The van der Waals surface area contributed by atoms with Crippen molar-refractivity contribution < 1.29 is 9.53 Å². The Hall–Kier alpha value is -2.29. The molecule has 2 aromatic rings. The molecule has 1 aliphatic carbocycles. The monoisotopic (exact) mass is 309 g/mol. The molecule has 23 heavy (non-hydrogen) atoms. The standard InChI is InChI=1S/C20H23NO2/c1-15(17-12-13-17)21(14-16-8-4-3-5-9-16)20(22)18-10-6-7-11-19(18)23-2/h3-11,15,17H,12-14H2,1-2H3. The molecule has 0 N–H and O–H groups in total. The molecule has 0 spiro atoms. The Bertz CT molecular complexity index is 664. The molecular formula is C20H23NO2. The van der Waals surface area contributed by atoms with Crippen LogP contribution in [0.3, 0.4) is 0 Å². The zero-order valence-corrected chi connectivity index (χ0v) is 13.7. The van der Waals surface area contributed by atoms with E-state index in [2.05, 4.69) is 19.1 Å². The van der Waals surface area contributed by atoms with Gasteiger partial charge in [-0.25, -0.2) is 0 Å². The first-order valence-corrected chi connectivity index (χ1v) is 8.18. The van der Waals surface area contributed by atoms with Crippen LogP contribution < -0.4 is 4.74 Å². The van der Waals surface area contributed by atoms with E-state index in [9.17, 15) is 4.79 Å². The van der Waals surface area contributed by atoms with Crippen LogP contribution in [0.15, 0.2) is 54.6 Å². The molecule has 1 fully saturated rings. The maximum absolute atomic E-state index is 13.1. The number of hydrogen-bond donors (Lipinski definition) is 0. The smallest absolute Gasteiger partial charge is 0.258 e. The molecule has 2 aromatic carbocycles. The van der Waals surface area contributed by atoms with Crippen LogP contribution in [0.25, 0.3) is 0 Å². The highest BCUT2D eigenvalue weighted by Crippen LogP contribution is 2.36. The summed E-state index contributed by atoms with van der Waals surface area (Å²) in [5, 5.41) is 0. The van der Waals surface area contributed by atoms with E-state index < -0.39 is 0 Å². The summed E-state index contributed by atoms with van der Waals surface area (Å²) in [5.41, 5.74) is 1.79. The van der Waals surface area contributed by atoms with Crippen LogP contribution in [-0.2, 0) is 6.54 Å². The summed E-state index contributed by atoms with van der Waals surface area (Å²) in [6.07, 6.45) is 2.43. The van der Waals surface area contributed by atoms with Gasteiger partial charge in [0, 0.05) is 12.6 Å². The van der Waals surface area contributed by atoms with Gasteiger partial charge in [0.05, 0.1) is 12.7 Å². The second-order valence-corrected chi connectivity index (χ2v) is 6.20. The molecule has 1 saturated carbocycles. The average Bonchev–Trinajstić information content (AvgIpc) is 3.44. The molecule has 3 nitrogen and oxygen atoms in total. The lowest BCUT2D eigenvalue weighted by Crippen LogP contribution is -2.39. The molecule has 120 valence electrons. The van der Waals surface area contributed by atoms with E-state index in [1.807, 2.05) is 47.4 Å². The zero-order valence-electron chi connectivity index (χ0n) is 13.7. The minimum absolute atomic E-state index is 0.0469. The van der Waals surface area contributed by atoms with Crippen molar-refractivity contribution in [3.8, 4) is 5.75 Å². The van der Waals surface area contributed by atoms with Crippen LogP contribution >= 0.6 is 0 Å². The Morgan fingerprint density at radius 3 is 2.43 bits per heavy atom. The van der Waals surface area contributed by atoms with Crippen molar-refractivity contribution in [1.29, 1.82) is 0 Å². The van der Waals surface area contributed by atoms with Gasteiger partial charge in [-0.2, -0.15) is 0 Å². The van der Waals surface area contributed by atoms with E-state index in [4.69, 9.17) is 4.74 Å². The van der Waals surface area contributed by atoms with Gasteiger partial charge in [0.1, 0.15) is 5.75 Å². The predicted molar refractivity (Wildman–Crippen MR) is 91.5 cm³/mol. The lowest BCUT2D eigenvalue weighted by molar-refractivity contribution is 0.0651. The topological polar surface area (TPSA) is 29.5 Å². The lowest BCUT2D eigenvalue weighted by Gasteiger charge is -2.30. The SMILES string of the molecule is COc1ccccc1C(=O)N(Cc1ccccc1)C(C)C1CC1. The van der Waals surface area contributed by atoms with E-state index in [1.165, 1.54) is 12.8 Å². The number of methoxy groups -OCH3 is 1. The number of carbonyl (C=O) groups excluding carboxylic acids is 1. The first-order valence-electron chi connectivity index (χ1n) is 8.18. The normalized spacial score (nSPS) is 15.0. The molecule has 0 radical (unpaired) electrons. The molecule has 0 saturated heterocycles. The molecule has 1 aliphatic rings. The highest BCUT2D eigenvalue weighted by atomic mass is 16.5. The summed E-state index contributed by atoms with van der Waals surface area (Å²) in [4.78, 5) is 15.1. The first kappa shape index (κ1) is 15.6. The second kappa shape index (κ2) is 6.86. The van der Waals surface area contributed by atoms with Crippen molar-refractivity contribution in [3.63, 3.8) is 0 Å². The van der Waals surface area contributed by atoms with Crippen LogP contribution in [0.5, 0.6) is 5.75 Å². The van der Waals surface area contributed by atoms with Gasteiger partial charge in [0.15, 0.2) is 0 Å². The second-order valence-electron chi connectivity index (χ2n) is 6.20. The molecule has 1 atom stereocenters. The lowest BCUT2D eigenvalue weighted by atomic mass is 10.1. The van der Waals surface area contributed by atoms with Gasteiger partial charge >= 0.3 is 0 Å². The van der Waals surface area contributed by atoms with Gasteiger partial charge in [-0.1, -0.05) is 42.5 Å². The predicted octanol–water partition coefficient (Wildman–Crippen LogP) is 4.14. The van der Waals surface area contributed by atoms with E-state index in [1.54, 1.807) is 7.11 Å². The van der Waals surface area contributed by atoms with E-state index in [0.29, 0.717) is 23.8 Å². The largest absolute Gasteiger partial charge is 0.496 e. The highest BCUT2D eigenvalue weighted by Gasteiger charge is 2.35. The Kier molecular flexibility index (Phi) is 4.65. The molecular weight excluding hydrogens is 286 g/mol. The van der Waals surface area contributed by atoms with Crippen molar-refractivity contribution in [2.24, 2.45) is 5.92 Å². The number of amides is 1. The fourth-order valence-corrected chi connectivity index (χ4v) is 2.99. The number of para-hydroxylation sites is 1. The van der Waals surface area contributed by atoms with Crippen LogP contribution in [0, 0.1) is 5.92 Å². The van der Waals surface area contributed by atoms with Crippen molar-refractivity contribution >= 4 is 5.91 Å². The quantitative estimate of drug-likeness (QED) is 0.802. The molecule has 1 amide bonds. The summed E-state index contributed by atoms with van der Waals surface area (Å²) < 4.78 is 5.38. The summed E-state index contributed by atoms with van der Waals surface area (Å²) >= 11 is 0. The molecule has 0 aliphatic heterocycles. The van der Waals surface area contributed by atoms with Crippen LogP contribution in [0.1, 0.15) is 35.7 Å². The Morgan fingerprint density at radius 1 is 1.13 bits per heavy atom. The maximum atomic E-state index is 13.1. The highest BCUT2D eigenvalue weighted by molar-refractivity contribution is 5.97. The van der Waals surface area contributed by atoms with Crippen molar-refractivity contribution in [2.45, 2.75) is 32.4 Å². The van der Waals surface area contributed by atoms with E-state index >= 15 is 0 Å². The first-order chi connectivity index (χ1) is 11.2. The third-order valence-corrected chi connectivity index (χ3v) is 4.59. The van der Waals surface area contributed by atoms with Crippen LogP contribution in [0.4, 0.5) is 0 Å². The van der Waals surface area contributed by atoms with Crippen molar-refractivity contribution in [1.82, 2.24) is 4.90 Å². The third kappa shape index (κ3) is 3.55. The van der Waals surface area contributed by atoms with E-state index in [0.717, 1.165) is 5.56 Å². The summed E-state index contributed by atoms with van der Waals surface area (Å²) in [6, 6.07) is 17.9. The number of hydrogen-bond acceptors (Lipinski definition) is 2. The molecule has 3 heteroatoms. The summed E-state index contributed by atoms with van der Waals surface area (Å²) in [6.45, 7) is 2.79. The number of rotatable bonds is 6. The van der Waals surface area contributed by atoms with E-state index in [-0.39, 0.29) is 11.9 Å². The average molecular weight is 309 g/mol. The van der Waals surface area contributed by atoms with Crippen molar-refractivity contribution in [2.75, 3.05) is 7.11 Å². The van der Waals surface area contributed by atoms with Crippen LogP contribution in [-0.4, -0.2) is 24.0 Å². The summed E-state index contributed by atoms with van der Waals surface area (Å²) in [7, 11) is 1.61. The van der Waals surface area contributed by atoms with Crippen molar-refractivity contribution in [3.05, 3.63) is 65.7 Å². The number of benzene rings is 2. The van der Waals surface area contributed by atoms with Gasteiger partial charge < -0.3 is 9.64 Å².